The van der Waals surface area contributed by atoms with Crippen molar-refractivity contribution in [1.82, 2.24) is 0 Å². The van der Waals surface area contributed by atoms with E-state index in [1.54, 1.807) is 12.1 Å². The average Bonchev–Trinajstić information content (AvgIpc) is 2.38. The summed E-state index contributed by atoms with van der Waals surface area (Å²) in [7, 11) is 0. The molecule has 2 aromatic rings. The fourth-order valence-electron chi connectivity index (χ4n) is 1.83. The number of nitrogens with zero attached hydrogens (tertiary/aromatic N) is 1. The summed E-state index contributed by atoms with van der Waals surface area (Å²) in [5, 5.41) is 11.1. The van der Waals surface area contributed by atoms with Gasteiger partial charge in [0, 0.05) is 16.9 Å². The molecule has 1 unspecified atom stereocenters. The highest BCUT2D eigenvalue weighted by Gasteiger charge is 2.22. The minimum Gasteiger partial charge on any atom is -0.264 e. The van der Waals surface area contributed by atoms with Gasteiger partial charge in [-0.15, -0.1) is 0 Å². The van der Waals surface area contributed by atoms with Crippen LogP contribution in [0.1, 0.15) is 17.2 Å². The van der Waals surface area contributed by atoms with Crippen LogP contribution in [0.15, 0.2) is 60.7 Å². The van der Waals surface area contributed by atoms with E-state index in [1.165, 1.54) is 0 Å². The first-order valence-corrected chi connectivity index (χ1v) is 5.50. The van der Waals surface area contributed by atoms with Crippen LogP contribution in [0.3, 0.4) is 0 Å². The molecule has 1 atom stereocenters. The number of hydrogen-bond acceptors (Lipinski definition) is 2. The monoisotopic (exact) mass is 227 g/mol. The Bertz CT molecular complexity index is 482. The van der Waals surface area contributed by atoms with E-state index in [0.29, 0.717) is 6.42 Å². The molecule has 3 heteroatoms. The fraction of sp³-hybridized carbons (Fsp3) is 0.143. The van der Waals surface area contributed by atoms with Crippen LogP contribution >= 0.6 is 0 Å². The molecular formula is C14H13NO2. The van der Waals surface area contributed by atoms with Crippen LogP contribution < -0.4 is 0 Å². The average molecular weight is 227 g/mol. The second kappa shape index (κ2) is 5.25. The zero-order valence-corrected chi connectivity index (χ0v) is 9.32. The first kappa shape index (κ1) is 11.3. The van der Waals surface area contributed by atoms with Gasteiger partial charge in [-0.25, -0.2) is 0 Å². The van der Waals surface area contributed by atoms with Crippen LogP contribution in [-0.2, 0) is 6.42 Å². The number of benzene rings is 2. The van der Waals surface area contributed by atoms with Crippen molar-refractivity contribution in [3.8, 4) is 0 Å². The second-order valence-electron chi connectivity index (χ2n) is 3.90. The minimum absolute atomic E-state index is 0.220. The molecule has 0 aliphatic carbocycles. The Morgan fingerprint density at radius 1 is 0.941 bits per heavy atom. The van der Waals surface area contributed by atoms with Crippen molar-refractivity contribution in [3.05, 3.63) is 81.9 Å². The molecule has 0 fully saturated rings. The first-order chi connectivity index (χ1) is 8.27. The zero-order chi connectivity index (χ0) is 12.1. The lowest BCUT2D eigenvalue weighted by atomic mass is 10.00. The van der Waals surface area contributed by atoms with Gasteiger partial charge in [-0.2, -0.15) is 0 Å². The second-order valence-corrected chi connectivity index (χ2v) is 3.90. The summed E-state index contributed by atoms with van der Waals surface area (Å²) >= 11 is 0. The Labute approximate surface area is 99.9 Å². The summed E-state index contributed by atoms with van der Waals surface area (Å²) in [4.78, 5) is 10.9. The van der Waals surface area contributed by atoms with Crippen LogP contribution in [0.25, 0.3) is 0 Å². The Kier molecular flexibility index (Phi) is 3.50. The summed E-state index contributed by atoms with van der Waals surface area (Å²) in [6.07, 6.45) is 0.428. The van der Waals surface area contributed by atoms with Crippen LogP contribution in [0.4, 0.5) is 0 Å². The Morgan fingerprint density at radius 3 is 2.00 bits per heavy atom. The normalized spacial score (nSPS) is 12.0. The maximum atomic E-state index is 11.1. The summed E-state index contributed by atoms with van der Waals surface area (Å²) in [5.74, 6) is 0. The highest BCUT2D eigenvalue weighted by Crippen LogP contribution is 2.21. The van der Waals surface area contributed by atoms with Crippen LogP contribution in [-0.4, -0.2) is 4.92 Å². The quantitative estimate of drug-likeness (QED) is 0.594. The molecule has 0 spiro atoms. The predicted octanol–water partition coefficient (Wildman–Crippen LogP) is 3.25. The topological polar surface area (TPSA) is 43.1 Å². The third kappa shape index (κ3) is 2.91. The van der Waals surface area contributed by atoms with Crippen molar-refractivity contribution >= 4 is 0 Å². The highest BCUT2D eigenvalue weighted by molar-refractivity contribution is 5.22. The van der Waals surface area contributed by atoms with Crippen LogP contribution in [0.5, 0.6) is 0 Å². The van der Waals surface area contributed by atoms with Crippen molar-refractivity contribution in [1.29, 1.82) is 0 Å². The van der Waals surface area contributed by atoms with Crippen molar-refractivity contribution in [2.24, 2.45) is 0 Å². The molecule has 0 saturated heterocycles. The first-order valence-electron chi connectivity index (χ1n) is 5.50. The van der Waals surface area contributed by atoms with Crippen LogP contribution in [0, 0.1) is 10.1 Å². The molecule has 0 aromatic heterocycles. The van der Waals surface area contributed by atoms with Gasteiger partial charge in [-0.1, -0.05) is 60.7 Å². The van der Waals surface area contributed by atoms with Gasteiger partial charge in [0.05, 0.1) is 0 Å². The fourth-order valence-corrected chi connectivity index (χ4v) is 1.83. The lowest BCUT2D eigenvalue weighted by molar-refractivity contribution is -0.528. The molecule has 3 nitrogen and oxygen atoms in total. The van der Waals surface area contributed by atoms with E-state index in [1.807, 2.05) is 48.5 Å². The van der Waals surface area contributed by atoms with Gasteiger partial charge in [0.25, 0.3) is 0 Å². The largest absolute Gasteiger partial charge is 0.264 e. The lowest BCUT2D eigenvalue weighted by Gasteiger charge is -2.09. The molecule has 0 aliphatic heterocycles. The number of nitro groups is 1. The van der Waals surface area contributed by atoms with Gasteiger partial charge >= 0.3 is 0 Å². The Balaban J connectivity index is 2.23. The molecule has 0 aliphatic rings. The minimum atomic E-state index is -0.668. The van der Waals surface area contributed by atoms with Crippen molar-refractivity contribution in [2.75, 3.05) is 0 Å². The highest BCUT2D eigenvalue weighted by atomic mass is 16.6. The van der Waals surface area contributed by atoms with Gasteiger partial charge in [-0.05, 0) is 5.56 Å². The standard InChI is InChI=1S/C14H13NO2/c16-15(17)14(13-9-5-2-6-10-13)11-12-7-3-1-4-8-12/h1-10,14H,11H2. The van der Waals surface area contributed by atoms with Crippen molar-refractivity contribution in [2.45, 2.75) is 12.5 Å². The van der Waals surface area contributed by atoms with Crippen molar-refractivity contribution < 1.29 is 4.92 Å². The number of rotatable bonds is 4. The Morgan fingerprint density at radius 2 is 1.47 bits per heavy atom. The molecular weight excluding hydrogens is 214 g/mol. The predicted molar refractivity (Wildman–Crippen MR) is 66.3 cm³/mol. The molecule has 0 bridgehead atoms. The molecule has 0 N–H and O–H groups in total. The summed E-state index contributed by atoms with van der Waals surface area (Å²) in [5.41, 5.74) is 1.74. The summed E-state index contributed by atoms with van der Waals surface area (Å²) in [6.45, 7) is 0. The maximum Gasteiger partial charge on any atom is 0.242 e. The number of hydrogen-bond donors (Lipinski definition) is 0. The van der Waals surface area contributed by atoms with Gasteiger partial charge in [0.1, 0.15) is 0 Å². The third-order valence-corrected chi connectivity index (χ3v) is 2.71. The zero-order valence-electron chi connectivity index (χ0n) is 9.32. The smallest absolute Gasteiger partial charge is 0.242 e. The molecule has 17 heavy (non-hydrogen) atoms. The molecule has 0 radical (unpaired) electrons. The summed E-state index contributed by atoms with van der Waals surface area (Å²) < 4.78 is 0. The SMILES string of the molecule is O=[N+]([O-])C(Cc1ccccc1)c1ccccc1. The maximum absolute atomic E-state index is 11.1. The van der Waals surface area contributed by atoms with E-state index >= 15 is 0 Å². The van der Waals surface area contributed by atoms with Gasteiger partial charge in [0.2, 0.25) is 6.04 Å². The van der Waals surface area contributed by atoms with E-state index in [-0.39, 0.29) is 4.92 Å². The molecule has 86 valence electrons. The van der Waals surface area contributed by atoms with E-state index in [4.69, 9.17) is 0 Å². The van der Waals surface area contributed by atoms with Crippen molar-refractivity contribution in [3.63, 3.8) is 0 Å². The molecule has 2 aromatic carbocycles. The van der Waals surface area contributed by atoms with E-state index in [2.05, 4.69) is 0 Å². The van der Waals surface area contributed by atoms with E-state index in [9.17, 15) is 10.1 Å². The van der Waals surface area contributed by atoms with Crippen LogP contribution in [0.2, 0.25) is 0 Å². The van der Waals surface area contributed by atoms with E-state index in [0.717, 1.165) is 11.1 Å². The molecule has 0 saturated carbocycles. The summed E-state index contributed by atoms with van der Waals surface area (Å²) in [6, 6.07) is 18.0. The molecule has 0 heterocycles. The molecule has 0 amide bonds. The van der Waals surface area contributed by atoms with Gasteiger partial charge in [-0.3, -0.25) is 10.1 Å². The molecule has 2 rings (SSSR count). The van der Waals surface area contributed by atoms with E-state index < -0.39 is 6.04 Å². The Hall–Kier alpha value is -2.16. The lowest BCUT2D eigenvalue weighted by Crippen LogP contribution is -2.13. The third-order valence-electron chi connectivity index (χ3n) is 2.71. The van der Waals surface area contributed by atoms with Gasteiger partial charge < -0.3 is 0 Å². The van der Waals surface area contributed by atoms with Gasteiger partial charge in [0.15, 0.2) is 0 Å².